The van der Waals surface area contributed by atoms with Gasteiger partial charge < -0.3 is 9.47 Å². The molecule has 110 valence electrons. The summed E-state index contributed by atoms with van der Waals surface area (Å²) in [6.07, 6.45) is 0.304. The molecule has 0 saturated heterocycles. The van der Waals surface area contributed by atoms with Gasteiger partial charge in [-0.15, -0.1) is 0 Å². The molecule has 0 fully saturated rings. The molecule has 0 N–H and O–H groups in total. The monoisotopic (exact) mass is 304 g/mol. The SMILES string of the molecule is COc1cc(C(=O)CCOc2cccc(C)c2)ccc1Cl. The van der Waals surface area contributed by atoms with E-state index >= 15 is 0 Å². The number of benzene rings is 2. The van der Waals surface area contributed by atoms with Gasteiger partial charge in [-0.05, 0) is 42.8 Å². The van der Waals surface area contributed by atoms with E-state index in [0.717, 1.165) is 11.3 Å². The zero-order valence-corrected chi connectivity index (χ0v) is 12.8. The molecule has 3 nitrogen and oxygen atoms in total. The molecule has 2 aromatic rings. The van der Waals surface area contributed by atoms with E-state index in [2.05, 4.69) is 0 Å². The molecule has 0 bridgehead atoms. The molecule has 0 heterocycles. The van der Waals surface area contributed by atoms with Crippen LogP contribution in [0.15, 0.2) is 42.5 Å². The molecular formula is C17H17ClO3. The Labute approximate surface area is 129 Å². The number of carbonyl (C=O) groups excluding carboxylic acids is 1. The number of rotatable bonds is 6. The number of ether oxygens (including phenoxy) is 2. The molecule has 0 aliphatic heterocycles. The number of hydrogen-bond acceptors (Lipinski definition) is 3. The maximum atomic E-state index is 12.1. The topological polar surface area (TPSA) is 35.5 Å². The van der Waals surface area contributed by atoms with E-state index in [-0.39, 0.29) is 5.78 Å². The van der Waals surface area contributed by atoms with E-state index in [1.165, 1.54) is 7.11 Å². The van der Waals surface area contributed by atoms with Crippen LogP contribution in [-0.2, 0) is 0 Å². The second-order valence-corrected chi connectivity index (χ2v) is 5.09. The number of Topliss-reactive ketones (excluding diaryl/α,β-unsaturated/α-hetero) is 1. The van der Waals surface area contributed by atoms with Gasteiger partial charge >= 0.3 is 0 Å². The van der Waals surface area contributed by atoms with Crippen molar-refractivity contribution in [1.29, 1.82) is 0 Å². The summed E-state index contributed by atoms with van der Waals surface area (Å²) in [4.78, 5) is 12.1. The minimum absolute atomic E-state index is 0.00220. The van der Waals surface area contributed by atoms with Gasteiger partial charge in [-0.25, -0.2) is 0 Å². The highest BCUT2D eigenvalue weighted by molar-refractivity contribution is 6.32. The molecule has 0 saturated carbocycles. The van der Waals surface area contributed by atoms with Crippen molar-refractivity contribution in [2.45, 2.75) is 13.3 Å². The first-order valence-corrected chi connectivity index (χ1v) is 7.04. The summed E-state index contributed by atoms with van der Waals surface area (Å²) in [5.41, 5.74) is 1.70. The summed E-state index contributed by atoms with van der Waals surface area (Å²) < 4.78 is 10.7. The summed E-state index contributed by atoms with van der Waals surface area (Å²) in [5, 5.41) is 0.491. The lowest BCUT2D eigenvalue weighted by Crippen LogP contribution is -2.07. The van der Waals surface area contributed by atoms with Crippen molar-refractivity contribution in [1.82, 2.24) is 0 Å². The summed E-state index contributed by atoms with van der Waals surface area (Å²) in [6, 6.07) is 12.7. The Kier molecular flexibility index (Phi) is 5.23. The quantitative estimate of drug-likeness (QED) is 0.746. The van der Waals surface area contributed by atoms with Gasteiger partial charge in [-0.3, -0.25) is 4.79 Å². The average Bonchev–Trinajstić information content (AvgIpc) is 2.47. The first-order chi connectivity index (χ1) is 10.1. The van der Waals surface area contributed by atoms with E-state index in [1.807, 2.05) is 31.2 Å². The molecule has 0 radical (unpaired) electrons. The van der Waals surface area contributed by atoms with Crippen molar-refractivity contribution in [2.24, 2.45) is 0 Å². The lowest BCUT2D eigenvalue weighted by Gasteiger charge is -2.08. The van der Waals surface area contributed by atoms with Gasteiger partial charge in [-0.2, -0.15) is 0 Å². The minimum Gasteiger partial charge on any atom is -0.495 e. The predicted molar refractivity (Wildman–Crippen MR) is 83.6 cm³/mol. The van der Waals surface area contributed by atoms with Gasteiger partial charge in [0.05, 0.1) is 18.7 Å². The van der Waals surface area contributed by atoms with E-state index in [0.29, 0.717) is 29.4 Å². The Morgan fingerprint density at radius 1 is 1.19 bits per heavy atom. The number of halogens is 1. The Bertz CT molecular complexity index is 638. The van der Waals surface area contributed by atoms with E-state index in [4.69, 9.17) is 21.1 Å². The van der Waals surface area contributed by atoms with Crippen LogP contribution < -0.4 is 9.47 Å². The smallest absolute Gasteiger partial charge is 0.166 e. The highest BCUT2D eigenvalue weighted by Crippen LogP contribution is 2.25. The van der Waals surface area contributed by atoms with Crippen molar-refractivity contribution in [3.63, 3.8) is 0 Å². The van der Waals surface area contributed by atoms with Crippen molar-refractivity contribution in [2.75, 3.05) is 13.7 Å². The standard InChI is InChI=1S/C17H17ClO3/c1-12-4-3-5-14(10-12)21-9-8-16(19)13-6-7-15(18)17(11-13)20-2/h3-7,10-11H,8-9H2,1-2H3. The Hall–Kier alpha value is -2.00. The minimum atomic E-state index is -0.00220. The van der Waals surface area contributed by atoms with Gasteiger partial charge in [0.15, 0.2) is 5.78 Å². The number of hydrogen-bond donors (Lipinski definition) is 0. The van der Waals surface area contributed by atoms with Crippen molar-refractivity contribution >= 4 is 17.4 Å². The molecule has 21 heavy (non-hydrogen) atoms. The zero-order valence-electron chi connectivity index (χ0n) is 12.1. The van der Waals surface area contributed by atoms with Crippen molar-refractivity contribution in [3.8, 4) is 11.5 Å². The summed E-state index contributed by atoms with van der Waals surface area (Å²) >= 11 is 5.94. The first-order valence-electron chi connectivity index (χ1n) is 6.66. The second kappa shape index (κ2) is 7.14. The first kappa shape index (κ1) is 15.4. The van der Waals surface area contributed by atoms with E-state index in [9.17, 15) is 4.79 Å². The summed E-state index contributed by atoms with van der Waals surface area (Å²) in [6.45, 7) is 2.34. The number of aryl methyl sites for hydroxylation is 1. The summed E-state index contributed by atoms with van der Waals surface area (Å²) in [5.74, 6) is 1.27. The Balaban J connectivity index is 1.93. The van der Waals surface area contributed by atoms with Crippen LogP contribution in [0.2, 0.25) is 5.02 Å². The van der Waals surface area contributed by atoms with Crippen LogP contribution in [-0.4, -0.2) is 19.5 Å². The third kappa shape index (κ3) is 4.23. The van der Waals surface area contributed by atoms with Crippen LogP contribution in [0, 0.1) is 6.92 Å². The van der Waals surface area contributed by atoms with Crippen LogP contribution in [0.3, 0.4) is 0 Å². The average molecular weight is 305 g/mol. The maximum absolute atomic E-state index is 12.1. The van der Waals surface area contributed by atoms with Gasteiger partial charge in [-0.1, -0.05) is 23.7 Å². The molecule has 0 atom stereocenters. The molecule has 0 spiro atoms. The van der Waals surface area contributed by atoms with E-state index in [1.54, 1.807) is 18.2 Å². The maximum Gasteiger partial charge on any atom is 0.166 e. The van der Waals surface area contributed by atoms with Crippen LogP contribution in [0.5, 0.6) is 11.5 Å². The fraction of sp³-hybridized carbons (Fsp3) is 0.235. The van der Waals surface area contributed by atoms with Crippen LogP contribution in [0.25, 0.3) is 0 Å². The van der Waals surface area contributed by atoms with Gasteiger partial charge in [0.2, 0.25) is 0 Å². The molecule has 4 heteroatoms. The molecule has 0 aliphatic carbocycles. The molecule has 0 amide bonds. The molecular weight excluding hydrogens is 288 g/mol. The van der Waals surface area contributed by atoms with Crippen molar-refractivity contribution < 1.29 is 14.3 Å². The fourth-order valence-electron chi connectivity index (χ4n) is 1.94. The third-order valence-electron chi connectivity index (χ3n) is 3.06. The highest BCUT2D eigenvalue weighted by atomic mass is 35.5. The second-order valence-electron chi connectivity index (χ2n) is 4.69. The van der Waals surface area contributed by atoms with Gasteiger partial charge in [0, 0.05) is 12.0 Å². The third-order valence-corrected chi connectivity index (χ3v) is 3.37. The molecule has 2 rings (SSSR count). The van der Waals surface area contributed by atoms with Crippen molar-refractivity contribution in [3.05, 3.63) is 58.6 Å². The predicted octanol–water partition coefficient (Wildman–Crippen LogP) is 4.31. The normalized spacial score (nSPS) is 10.2. The van der Waals surface area contributed by atoms with Crippen LogP contribution in [0.1, 0.15) is 22.3 Å². The lowest BCUT2D eigenvalue weighted by molar-refractivity contribution is 0.0962. The highest BCUT2D eigenvalue weighted by Gasteiger charge is 2.09. The number of ketones is 1. The summed E-state index contributed by atoms with van der Waals surface area (Å²) in [7, 11) is 1.52. The molecule has 0 aliphatic rings. The Morgan fingerprint density at radius 3 is 2.71 bits per heavy atom. The Morgan fingerprint density at radius 2 is 2.00 bits per heavy atom. The molecule has 2 aromatic carbocycles. The fourth-order valence-corrected chi connectivity index (χ4v) is 2.14. The van der Waals surface area contributed by atoms with Gasteiger partial charge in [0.25, 0.3) is 0 Å². The lowest BCUT2D eigenvalue weighted by atomic mass is 10.1. The zero-order chi connectivity index (χ0) is 15.2. The van der Waals surface area contributed by atoms with Crippen LogP contribution >= 0.6 is 11.6 Å². The largest absolute Gasteiger partial charge is 0.495 e. The van der Waals surface area contributed by atoms with Gasteiger partial charge in [0.1, 0.15) is 11.5 Å². The molecule has 0 unspecified atom stereocenters. The van der Waals surface area contributed by atoms with E-state index < -0.39 is 0 Å². The number of methoxy groups -OCH3 is 1. The van der Waals surface area contributed by atoms with Crippen LogP contribution in [0.4, 0.5) is 0 Å². The molecule has 0 aromatic heterocycles. The number of carbonyl (C=O) groups is 1.